The van der Waals surface area contributed by atoms with Gasteiger partial charge in [-0.15, -0.1) is 11.3 Å². The zero-order chi connectivity index (χ0) is 45.8. The van der Waals surface area contributed by atoms with Crippen molar-refractivity contribution in [1.82, 2.24) is 5.32 Å². The summed E-state index contributed by atoms with van der Waals surface area (Å²) in [5.74, 6) is -6.50. The van der Waals surface area contributed by atoms with Gasteiger partial charge in [0, 0.05) is 30.1 Å². The highest BCUT2D eigenvalue weighted by Crippen LogP contribution is 2.64. The average molecular weight is 896 g/mol. The Balaban J connectivity index is 1.41. The van der Waals surface area contributed by atoms with Crippen molar-refractivity contribution >= 4 is 47.1 Å². The van der Waals surface area contributed by atoms with E-state index in [1.807, 2.05) is 0 Å². The van der Waals surface area contributed by atoms with Crippen LogP contribution in [0.4, 0.5) is 4.79 Å². The molecule has 2 aromatic rings. The topological polar surface area (TPSA) is 231 Å². The predicted molar refractivity (Wildman–Crippen MR) is 223 cm³/mol. The van der Waals surface area contributed by atoms with Crippen molar-refractivity contribution < 1.29 is 72.5 Å². The number of aliphatic hydroxyl groups is 3. The van der Waals surface area contributed by atoms with Crippen LogP contribution in [0.5, 0.6) is 0 Å². The number of hydrogen-bond acceptors (Lipinski definition) is 16. The van der Waals surface area contributed by atoms with Crippen molar-refractivity contribution in [3.63, 3.8) is 0 Å². The number of fused-ring (bicyclic) bond motifs is 5. The van der Waals surface area contributed by atoms with Gasteiger partial charge in [-0.05, 0) is 75.3 Å². The molecule has 342 valence electrons. The molecule has 0 spiro atoms. The van der Waals surface area contributed by atoms with E-state index in [1.165, 1.54) is 26.0 Å². The lowest BCUT2D eigenvalue weighted by Gasteiger charge is -2.67. The number of nitrogens with one attached hydrogen (secondary N) is 1. The number of carbonyl (C=O) groups excluding carboxylic acids is 6. The first kappa shape index (κ1) is 46.3. The summed E-state index contributed by atoms with van der Waals surface area (Å²) >= 11 is 1.15. The second-order valence-electron chi connectivity index (χ2n) is 18.5. The molecule has 1 amide bonds. The molecule has 2 bridgehead atoms. The zero-order valence-corrected chi connectivity index (χ0v) is 37.3. The lowest BCUT2D eigenvalue weighted by atomic mass is 9.44. The Morgan fingerprint density at radius 2 is 1.65 bits per heavy atom. The Hall–Kier alpha value is -4.68. The minimum absolute atomic E-state index is 0.0366. The van der Waals surface area contributed by atoms with E-state index >= 15 is 4.79 Å². The lowest BCUT2D eigenvalue weighted by Crippen LogP contribution is -2.82. The number of thiophene rings is 1. The number of carbonyl (C=O) groups is 6. The van der Waals surface area contributed by atoms with Crippen LogP contribution in [0.25, 0.3) is 0 Å². The first-order valence-electron chi connectivity index (χ1n) is 21.5. The molecule has 1 saturated heterocycles. The van der Waals surface area contributed by atoms with Gasteiger partial charge in [0.2, 0.25) is 0 Å². The molecular formula is C46H57NO15S. The summed E-state index contributed by atoms with van der Waals surface area (Å²) < 4.78 is 36.1. The molecule has 4 aliphatic carbocycles. The highest BCUT2D eigenvalue weighted by atomic mass is 32.1. The molecule has 4 N–H and O–H groups in total. The van der Waals surface area contributed by atoms with Gasteiger partial charge in [-0.25, -0.2) is 14.4 Å². The lowest BCUT2D eigenvalue weighted by molar-refractivity contribution is -0.346. The predicted octanol–water partition coefficient (Wildman–Crippen LogP) is 4.67. The van der Waals surface area contributed by atoms with Crippen LogP contribution in [0, 0.1) is 22.7 Å². The smallest absolute Gasteiger partial charge is 0.408 e. The van der Waals surface area contributed by atoms with Crippen molar-refractivity contribution in [1.29, 1.82) is 0 Å². The quantitative estimate of drug-likeness (QED) is 0.136. The molecule has 1 aliphatic heterocycles. The van der Waals surface area contributed by atoms with Gasteiger partial charge >= 0.3 is 30.0 Å². The van der Waals surface area contributed by atoms with E-state index in [0.29, 0.717) is 17.7 Å². The average Bonchev–Trinajstić information content (AvgIpc) is 3.97. The number of ether oxygens (including phenoxy) is 6. The number of hydrogen-bond donors (Lipinski definition) is 4. The van der Waals surface area contributed by atoms with E-state index in [2.05, 4.69) is 5.32 Å². The molecule has 63 heavy (non-hydrogen) atoms. The number of alkyl carbamates (subject to hydrolysis) is 1. The molecule has 4 fully saturated rings. The molecule has 0 unspecified atom stereocenters. The fourth-order valence-corrected chi connectivity index (χ4v) is 11.5. The SMILES string of the molecule is CC(=O)O[C@@]12CO[C@@H]1C[C@H](O)[C@@]1(C)C(=O)[C@H](OC(=O)C3CCCC3)C3=C(C)[C@@H](OC(=O)[C@H](O)[C@@H](NC(=O)OC(C)C)c4cccs4)C[C@@](O)([C@@H](OC(=O)c4ccccc4)[C@H]21)C3(C)C. The second kappa shape index (κ2) is 17.4. The molecule has 3 saturated carbocycles. The van der Waals surface area contributed by atoms with Gasteiger partial charge in [0.05, 0.1) is 41.6 Å². The van der Waals surface area contributed by atoms with E-state index in [-0.39, 0.29) is 29.7 Å². The Morgan fingerprint density at radius 3 is 2.24 bits per heavy atom. The molecule has 17 heteroatoms. The van der Waals surface area contributed by atoms with Gasteiger partial charge in [0.25, 0.3) is 0 Å². The van der Waals surface area contributed by atoms with Crippen molar-refractivity contribution in [3.05, 3.63) is 69.4 Å². The van der Waals surface area contributed by atoms with Crippen LogP contribution in [0.1, 0.15) is 108 Å². The van der Waals surface area contributed by atoms with E-state index < -0.39 is 125 Å². The highest BCUT2D eigenvalue weighted by Gasteiger charge is 2.78. The van der Waals surface area contributed by atoms with E-state index in [9.17, 15) is 39.3 Å². The fourth-order valence-electron chi connectivity index (χ4n) is 10.7. The number of aliphatic hydroxyl groups excluding tert-OH is 2. The summed E-state index contributed by atoms with van der Waals surface area (Å²) in [5, 5.41) is 41.9. The summed E-state index contributed by atoms with van der Waals surface area (Å²) in [4.78, 5) is 84.8. The number of rotatable bonds is 11. The molecule has 5 aliphatic rings. The van der Waals surface area contributed by atoms with Gasteiger partial charge in [0.1, 0.15) is 30.0 Å². The number of Topliss-reactive ketones (excluding diaryl/α,β-unsaturated/α-hetero) is 1. The van der Waals surface area contributed by atoms with Crippen molar-refractivity contribution in [2.75, 3.05) is 6.61 Å². The van der Waals surface area contributed by atoms with Crippen LogP contribution >= 0.6 is 11.3 Å². The van der Waals surface area contributed by atoms with E-state index in [1.54, 1.807) is 70.3 Å². The molecule has 16 nitrogen and oxygen atoms in total. The number of ketones is 1. The van der Waals surface area contributed by atoms with Crippen molar-refractivity contribution in [2.45, 2.75) is 147 Å². The van der Waals surface area contributed by atoms with Gasteiger partial charge in [-0.1, -0.05) is 51.0 Å². The van der Waals surface area contributed by atoms with E-state index in [4.69, 9.17) is 28.4 Å². The molecular weight excluding hydrogens is 839 g/mol. The Kier molecular flexibility index (Phi) is 12.8. The standard InChI is InChI=1S/C46H57NO15S/c1-23(2)58-42(55)47-33(29-18-13-19-63-29)34(50)41(54)59-28-21-46(56)38(61-40(53)27-14-9-8-10-15-27)36-44(7,30(49)20-31-45(36,22-57-31)62-25(4)48)37(51)35(32(24(28)3)43(46,5)6)60-39(52)26-16-11-12-17-26/h8-10,13-15,18-19,23,26,28,30-31,33-36,38,49-50,56H,11-12,16-17,20-22H2,1-7H3,(H,47,55)/t28-,30-,31+,33-,34+,35+,36-,38-,44+,45-,46+/m0/s1. The molecule has 1 aromatic carbocycles. The summed E-state index contributed by atoms with van der Waals surface area (Å²) in [6, 6.07) is 9.82. The Labute approximate surface area is 369 Å². The monoisotopic (exact) mass is 895 g/mol. The van der Waals surface area contributed by atoms with Crippen LogP contribution in [0.15, 0.2) is 59.0 Å². The third kappa shape index (κ3) is 7.97. The third-order valence-electron chi connectivity index (χ3n) is 14.1. The molecule has 7 rings (SSSR count). The van der Waals surface area contributed by atoms with Crippen molar-refractivity contribution in [3.8, 4) is 0 Å². The number of amides is 1. The maximum Gasteiger partial charge on any atom is 0.408 e. The summed E-state index contributed by atoms with van der Waals surface area (Å²) in [6.45, 7) is 10.3. The third-order valence-corrected chi connectivity index (χ3v) is 15.1. The summed E-state index contributed by atoms with van der Waals surface area (Å²) in [5.41, 5.74) is -7.55. The molecule has 0 radical (unpaired) electrons. The fraction of sp³-hybridized carbons (Fsp3) is 0.609. The minimum Gasteiger partial charge on any atom is -0.456 e. The summed E-state index contributed by atoms with van der Waals surface area (Å²) in [7, 11) is 0. The van der Waals surface area contributed by atoms with Gasteiger partial charge in [-0.2, -0.15) is 0 Å². The normalized spacial score (nSPS) is 33.3. The summed E-state index contributed by atoms with van der Waals surface area (Å²) in [6.07, 6.45) is -9.30. The maximum absolute atomic E-state index is 15.8. The van der Waals surface area contributed by atoms with Gasteiger partial charge < -0.3 is 49.1 Å². The van der Waals surface area contributed by atoms with Crippen LogP contribution < -0.4 is 5.32 Å². The van der Waals surface area contributed by atoms with Crippen molar-refractivity contribution in [2.24, 2.45) is 22.7 Å². The first-order chi connectivity index (χ1) is 29.7. The maximum atomic E-state index is 15.8. The first-order valence-corrected chi connectivity index (χ1v) is 22.4. The second-order valence-corrected chi connectivity index (χ2v) is 19.5. The number of esters is 4. The van der Waals surface area contributed by atoms with Crippen LogP contribution in [-0.4, -0.2) is 112 Å². The largest absolute Gasteiger partial charge is 0.456 e. The van der Waals surface area contributed by atoms with Gasteiger partial charge in [-0.3, -0.25) is 14.4 Å². The molecule has 11 atom stereocenters. The number of benzene rings is 1. The van der Waals surface area contributed by atoms with E-state index in [0.717, 1.165) is 24.2 Å². The Morgan fingerprint density at radius 1 is 0.968 bits per heavy atom. The van der Waals surface area contributed by atoms with Crippen LogP contribution in [0.2, 0.25) is 0 Å². The molecule has 1 aromatic heterocycles. The van der Waals surface area contributed by atoms with Gasteiger partial charge in [0.15, 0.2) is 23.6 Å². The van der Waals surface area contributed by atoms with Crippen LogP contribution in [0.3, 0.4) is 0 Å². The van der Waals surface area contributed by atoms with Crippen LogP contribution in [-0.2, 0) is 47.6 Å². The highest BCUT2D eigenvalue weighted by molar-refractivity contribution is 7.10. The minimum atomic E-state index is -2.39. The zero-order valence-electron chi connectivity index (χ0n) is 36.5. The molecule has 2 heterocycles. The Bertz CT molecular complexity index is 2130.